The minimum absolute atomic E-state index is 0.0418. The number of benzene rings is 1. The number of alkyl halides is 3. The summed E-state index contributed by atoms with van der Waals surface area (Å²) in [5, 5.41) is 3.28. The average molecular weight is 448 g/mol. The van der Waals surface area contributed by atoms with Crippen LogP contribution in [0.25, 0.3) is 0 Å². The first-order valence-electron chi connectivity index (χ1n) is 11.0. The molecule has 32 heavy (non-hydrogen) atoms. The van der Waals surface area contributed by atoms with E-state index in [9.17, 15) is 18.0 Å². The van der Waals surface area contributed by atoms with Crippen molar-refractivity contribution in [1.82, 2.24) is 14.8 Å². The summed E-state index contributed by atoms with van der Waals surface area (Å²) in [5.41, 5.74) is 0.621. The molecule has 1 aromatic heterocycles. The van der Waals surface area contributed by atoms with Crippen LogP contribution >= 0.6 is 0 Å². The Morgan fingerprint density at radius 2 is 1.75 bits per heavy atom. The maximum Gasteiger partial charge on any atom is 0.416 e. The van der Waals surface area contributed by atoms with Gasteiger partial charge in [0.1, 0.15) is 5.82 Å². The van der Waals surface area contributed by atoms with Crippen molar-refractivity contribution in [2.75, 3.05) is 62.6 Å². The zero-order chi connectivity index (χ0) is 22.6. The highest BCUT2D eigenvalue weighted by molar-refractivity contribution is 5.94. The third-order valence-electron chi connectivity index (χ3n) is 6.05. The summed E-state index contributed by atoms with van der Waals surface area (Å²) in [6.07, 6.45) is -0.575. The van der Waals surface area contributed by atoms with Crippen LogP contribution in [0.5, 0.6) is 0 Å². The van der Waals surface area contributed by atoms with Gasteiger partial charge in [-0.1, -0.05) is 6.07 Å². The van der Waals surface area contributed by atoms with Gasteiger partial charge in [-0.15, -0.1) is 0 Å². The number of carbonyl (C=O) groups is 1. The maximum absolute atomic E-state index is 13.0. The number of aromatic nitrogens is 1. The third-order valence-corrected chi connectivity index (χ3v) is 6.05. The van der Waals surface area contributed by atoms with Crippen molar-refractivity contribution in [2.45, 2.75) is 19.0 Å². The van der Waals surface area contributed by atoms with Crippen LogP contribution in [0, 0.1) is 0 Å². The molecule has 2 saturated heterocycles. The van der Waals surface area contributed by atoms with Gasteiger partial charge in [-0.05, 0) is 43.2 Å². The fraction of sp³-hybridized carbons (Fsp3) is 0.478. The van der Waals surface area contributed by atoms with Gasteiger partial charge in [0.25, 0.3) is 5.91 Å². The molecule has 0 aliphatic carbocycles. The largest absolute Gasteiger partial charge is 0.416 e. The Balaban J connectivity index is 1.21. The summed E-state index contributed by atoms with van der Waals surface area (Å²) in [7, 11) is 0. The summed E-state index contributed by atoms with van der Waals surface area (Å²) in [6.45, 7) is 6.10. The number of anilines is 2. The number of halogens is 3. The van der Waals surface area contributed by atoms with Crippen LogP contribution in [0.2, 0.25) is 0 Å². The number of carbonyl (C=O) groups excluding carboxylic acids is 1. The van der Waals surface area contributed by atoms with E-state index in [-0.39, 0.29) is 5.91 Å². The number of hydrogen-bond donors (Lipinski definition) is 1. The van der Waals surface area contributed by atoms with Gasteiger partial charge in [0.15, 0.2) is 0 Å². The Morgan fingerprint density at radius 1 is 1.00 bits per heavy atom. The van der Waals surface area contributed by atoms with Crippen LogP contribution in [-0.4, -0.2) is 73.0 Å². The number of pyridine rings is 1. The molecule has 0 saturated carbocycles. The van der Waals surface area contributed by atoms with Crippen LogP contribution < -0.4 is 10.2 Å². The number of likely N-dealkylation sites (tertiary alicyclic amines) is 1. The lowest BCUT2D eigenvalue weighted by molar-refractivity contribution is -0.137. The zero-order valence-corrected chi connectivity index (χ0v) is 17.9. The second kappa shape index (κ2) is 9.77. The minimum Gasteiger partial charge on any atom is -0.369 e. The number of hydrogen-bond acceptors (Lipinski definition) is 5. The monoisotopic (exact) mass is 447 g/mol. The van der Waals surface area contributed by atoms with Crippen molar-refractivity contribution >= 4 is 17.4 Å². The van der Waals surface area contributed by atoms with Gasteiger partial charge in [0.05, 0.1) is 11.1 Å². The second-order valence-electron chi connectivity index (χ2n) is 8.23. The first-order valence-corrected chi connectivity index (χ1v) is 11.0. The van der Waals surface area contributed by atoms with Crippen molar-refractivity contribution in [3.8, 4) is 0 Å². The van der Waals surface area contributed by atoms with E-state index in [0.717, 1.165) is 57.4 Å². The summed E-state index contributed by atoms with van der Waals surface area (Å²) in [4.78, 5) is 22.9. The molecule has 1 amide bonds. The Morgan fingerprint density at radius 3 is 2.41 bits per heavy atom. The Bertz CT molecular complexity index is 905. The molecule has 2 aliphatic heterocycles. The molecular formula is C23H28F3N5O. The van der Waals surface area contributed by atoms with Crippen LogP contribution in [0.3, 0.4) is 0 Å². The molecule has 2 aromatic rings. The fourth-order valence-electron chi connectivity index (χ4n) is 4.18. The van der Waals surface area contributed by atoms with E-state index >= 15 is 0 Å². The average Bonchev–Trinajstić information content (AvgIpc) is 3.34. The van der Waals surface area contributed by atoms with Crippen LogP contribution in [-0.2, 0) is 6.18 Å². The first-order chi connectivity index (χ1) is 15.4. The van der Waals surface area contributed by atoms with E-state index in [2.05, 4.69) is 15.2 Å². The quantitative estimate of drug-likeness (QED) is 0.734. The van der Waals surface area contributed by atoms with Crippen molar-refractivity contribution in [3.05, 3.63) is 53.7 Å². The molecule has 6 nitrogen and oxygen atoms in total. The fourth-order valence-corrected chi connectivity index (χ4v) is 4.18. The zero-order valence-electron chi connectivity index (χ0n) is 17.9. The van der Waals surface area contributed by atoms with Gasteiger partial charge in [-0.2, -0.15) is 13.2 Å². The number of rotatable bonds is 6. The second-order valence-corrected chi connectivity index (χ2v) is 8.23. The van der Waals surface area contributed by atoms with Gasteiger partial charge >= 0.3 is 6.18 Å². The molecule has 2 aliphatic rings. The Kier molecular flexibility index (Phi) is 6.83. The highest BCUT2D eigenvalue weighted by Gasteiger charge is 2.31. The number of nitrogens with zero attached hydrogens (tertiary/aromatic N) is 4. The lowest BCUT2D eigenvalue weighted by Crippen LogP contribution is -2.47. The van der Waals surface area contributed by atoms with E-state index in [0.29, 0.717) is 30.9 Å². The standard InChI is InChI=1S/C23H28F3N5O/c24-23(25,26)19-4-3-5-20(16-19)30-14-12-29(13-15-30)11-8-27-21-7-6-18(17-28-21)22(32)31-9-1-2-10-31/h3-7,16-17H,1-2,8-15H2,(H,27,28). The predicted molar refractivity (Wildman–Crippen MR) is 118 cm³/mol. The normalized spacial score (nSPS) is 17.6. The molecular weight excluding hydrogens is 419 g/mol. The summed E-state index contributed by atoms with van der Waals surface area (Å²) in [5.74, 6) is 0.769. The smallest absolute Gasteiger partial charge is 0.369 e. The van der Waals surface area contributed by atoms with Gasteiger partial charge in [0, 0.05) is 64.2 Å². The van der Waals surface area contributed by atoms with Gasteiger partial charge in [-0.25, -0.2) is 4.98 Å². The molecule has 1 aromatic carbocycles. The minimum atomic E-state index is -4.32. The summed E-state index contributed by atoms with van der Waals surface area (Å²) < 4.78 is 38.9. The highest BCUT2D eigenvalue weighted by atomic mass is 19.4. The Labute approximate surface area is 186 Å². The lowest BCUT2D eigenvalue weighted by atomic mass is 10.1. The third kappa shape index (κ3) is 5.51. The first kappa shape index (κ1) is 22.4. The molecule has 0 atom stereocenters. The lowest BCUT2D eigenvalue weighted by Gasteiger charge is -2.36. The SMILES string of the molecule is O=C(c1ccc(NCCN2CCN(c3cccc(C(F)(F)F)c3)CC2)nc1)N1CCCC1. The van der Waals surface area contributed by atoms with Crippen molar-refractivity contribution in [2.24, 2.45) is 0 Å². The van der Waals surface area contributed by atoms with Gasteiger partial charge in [-0.3, -0.25) is 9.69 Å². The van der Waals surface area contributed by atoms with Gasteiger partial charge in [0.2, 0.25) is 0 Å². The molecule has 2 fully saturated rings. The molecule has 0 unspecified atom stereocenters. The van der Waals surface area contributed by atoms with E-state index in [1.165, 1.54) is 12.1 Å². The Hall–Kier alpha value is -2.81. The maximum atomic E-state index is 13.0. The molecule has 4 rings (SSSR count). The van der Waals surface area contributed by atoms with Crippen LogP contribution in [0.1, 0.15) is 28.8 Å². The number of piperazine rings is 1. The number of nitrogens with one attached hydrogen (secondary N) is 1. The molecule has 1 N–H and O–H groups in total. The van der Waals surface area contributed by atoms with Crippen molar-refractivity contribution in [1.29, 1.82) is 0 Å². The molecule has 0 radical (unpaired) electrons. The molecule has 0 bridgehead atoms. The molecule has 172 valence electrons. The highest BCUT2D eigenvalue weighted by Crippen LogP contribution is 2.31. The van der Waals surface area contributed by atoms with Gasteiger partial charge < -0.3 is 15.1 Å². The predicted octanol–water partition coefficient (Wildman–Crippen LogP) is 3.57. The number of amides is 1. The molecule has 3 heterocycles. The van der Waals surface area contributed by atoms with Crippen LogP contribution in [0.15, 0.2) is 42.6 Å². The van der Waals surface area contributed by atoms with E-state index in [1.807, 2.05) is 21.9 Å². The molecule has 9 heteroatoms. The summed E-state index contributed by atoms with van der Waals surface area (Å²) >= 11 is 0. The van der Waals surface area contributed by atoms with Crippen LogP contribution in [0.4, 0.5) is 24.7 Å². The van der Waals surface area contributed by atoms with Crippen molar-refractivity contribution in [3.63, 3.8) is 0 Å². The van der Waals surface area contributed by atoms with E-state index < -0.39 is 11.7 Å². The summed E-state index contributed by atoms with van der Waals surface area (Å²) in [6, 6.07) is 9.16. The molecule has 0 spiro atoms. The van der Waals surface area contributed by atoms with E-state index in [1.54, 1.807) is 12.3 Å². The van der Waals surface area contributed by atoms with E-state index in [4.69, 9.17) is 0 Å². The topological polar surface area (TPSA) is 51.7 Å². The van der Waals surface area contributed by atoms with Crippen molar-refractivity contribution < 1.29 is 18.0 Å².